The van der Waals surface area contributed by atoms with Crippen molar-refractivity contribution in [2.24, 2.45) is 0 Å². The Kier molecular flexibility index (Phi) is 4.02. The van der Waals surface area contributed by atoms with Gasteiger partial charge < -0.3 is 14.8 Å². The molecular formula is C15H18ClN5O. The normalized spacial score (nSPS) is 13.0. The first kappa shape index (κ1) is 14.8. The quantitative estimate of drug-likeness (QED) is 0.946. The zero-order valence-corrected chi connectivity index (χ0v) is 13.4. The third-order valence-corrected chi connectivity index (χ3v) is 4.24. The summed E-state index contributed by atoms with van der Waals surface area (Å²) in [7, 11) is 1.74. The van der Waals surface area contributed by atoms with Crippen LogP contribution in [0, 0.1) is 6.92 Å². The Balaban J connectivity index is 1.65. The molecule has 3 rings (SSSR count). The lowest BCUT2D eigenvalue weighted by Crippen LogP contribution is -2.31. The van der Waals surface area contributed by atoms with E-state index < -0.39 is 0 Å². The minimum absolute atomic E-state index is 0.199. The molecule has 0 atom stereocenters. The van der Waals surface area contributed by atoms with Crippen molar-refractivity contribution in [3.8, 4) is 0 Å². The number of nitrogens with one attached hydrogen (secondary N) is 1. The van der Waals surface area contributed by atoms with Gasteiger partial charge in [0.25, 0.3) is 0 Å². The molecule has 1 aliphatic heterocycles. The highest BCUT2D eigenvalue weighted by Gasteiger charge is 2.19. The highest BCUT2D eigenvalue weighted by molar-refractivity contribution is 6.31. The van der Waals surface area contributed by atoms with Gasteiger partial charge in [-0.1, -0.05) is 17.7 Å². The molecule has 22 heavy (non-hydrogen) atoms. The summed E-state index contributed by atoms with van der Waals surface area (Å²) in [5.74, 6) is 1.83. The average Bonchev–Trinajstić information content (AvgIpc) is 3.08. The van der Waals surface area contributed by atoms with Gasteiger partial charge >= 0.3 is 6.03 Å². The monoisotopic (exact) mass is 319 g/mol. The number of nitrogens with zero attached hydrogens (tertiary/aromatic N) is 4. The number of carbonyl (C=O) groups excluding carboxylic acids is 1. The van der Waals surface area contributed by atoms with Crippen LogP contribution < -0.4 is 5.32 Å². The van der Waals surface area contributed by atoms with Gasteiger partial charge in [0.2, 0.25) is 0 Å². The van der Waals surface area contributed by atoms with E-state index in [2.05, 4.69) is 20.1 Å². The summed E-state index contributed by atoms with van der Waals surface area (Å²) in [5, 5.41) is 11.8. The molecule has 0 saturated heterocycles. The van der Waals surface area contributed by atoms with E-state index in [-0.39, 0.29) is 6.03 Å². The zero-order valence-electron chi connectivity index (χ0n) is 12.6. The topological polar surface area (TPSA) is 63.1 Å². The number of aryl methyl sites for hydroxylation is 2. The molecule has 6 nitrogen and oxygen atoms in total. The van der Waals surface area contributed by atoms with E-state index in [0.717, 1.165) is 36.6 Å². The Hall–Kier alpha value is -2.08. The average molecular weight is 320 g/mol. The number of hydrogen-bond acceptors (Lipinski definition) is 3. The Morgan fingerprint density at radius 1 is 1.45 bits per heavy atom. The fourth-order valence-electron chi connectivity index (χ4n) is 2.50. The SMILES string of the molecule is Cc1ccc(NC(=O)N(C)Cc2nnc3n2CCC3)cc1Cl. The van der Waals surface area contributed by atoms with Crippen molar-refractivity contribution in [2.45, 2.75) is 32.9 Å². The van der Waals surface area contributed by atoms with Gasteiger partial charge in [0.15, 0.2) is 5.82 Å². The molecular weight excluding hydrogens is 302 g/mol. The van der Waals surface area contributed by atoms with Crippen LogP contribution >= 0.6 is 11.6 Å². The number of benzene rings is 1. The van der Waals surface area contributed by atoms with Crippen molar-refractivity contribution < 1.29 is 4.79 Å². The van der Waals surface area contributed by atoms with Crippen LogP contribution in [-0.4, -0.2) is 32.7 Å². The zero-order chi connectivity index (χ0) is 15.7. The maximum absolute atomic E-state index is 12.2. The first-order chi connectivity index (χ1) is 10.5. The standard InChI is InChI=1S/C15H18ClN5O/c1-10-5-6-11(8-12(10)16)17-15(22)20(2)9-14-19-18-13-4-3-7-21(13)14/h5-6,8H,3-4,7,9H2,1-2H3,(H,17,22). The highest BCUT2D eigenvalue weighted by atomic mass is 35.5. The third kappa shape index (κ3) is 2.92. The number of aromatic nitrogens is 3. The van der Waals surface area contributed by atoms with Crippen LogP contribution in [0.2, 0.25) is 5.02 Å². The molecule has 1 N–H and O–H groups in total. The molecule has 0 saturated carbocycles. The van der Waals surface area contributed by atoms with Crippen molar-refractivity contribution in [1.82, 2.24) is 19.7 Å². The summed E-state index contributed by atoms with van der Waals surface area (Å²) in [4.78, 5) is 13.8. The summed E-state index contributed by atoms with van der Waals surface area (Å²) in [5.41, 5.74) is 1.66. The molecule has 1 aromatic carbocycles. The number of hydrogen-bond donors (Lipinski definition) is 1. The molecule has 1 aromatic heterocycles. The van der Waals surface area contributed by atoms with Gasteiger partial charge in [0.1, 0.15) is 5.82 Å². The smallest absolute Gasteiger partial charge is 0.320 e. The Morgan fingerprint density at radius 2 is 2.27 bits per heavy atom. The van der Waals surface area contributed by atoms with Gasteiger partial charge in [-0.25, -0.2) is 4.79 Å². The van der Waals surface area contributed by atoms with Gasteiger partial charge in [-0.2, -0.15) is 0 Å². The highest BCUT2D eigenvalue weighted by Crippen LogP contribution is 2.20. The lowest BCUT2D eigenvalue weighted by molar-refractivity contribution is 0.219. The molecule has 2 amide bonds. The van der Waals surface area contributed by atoms with Crippen molar-refractivity contribution in [1.29, 1.82) is 0 Å². The second kappa shape index (κ2) is 5.96. The molecule has 0 unspecified atom stereocenters. The Labute approximate surface area is 134 Å². The van der Waals surface area contributed by atoms with E-state index in [1.165, 1.54) is 0 Å². The molecule has 2 aromatic rings. The second-order valence-electron chi connectivity index (χ2n) is 5.54. The van der Waals surface area contributed by atoms with Gasteiger partial charge in [-0.15, -0.1) is 10.2 Å². The van der Waals surface area contributed by atoms with Crippen LogP contribution in [0.1, 0.15) is 23.6 Å². The molecule has 0 aliphatic carbocycles. The van der Waals surface area contributed by atoms with Crippen LogP contribution in [0.25, 0.3) is 0 Å². The maximum atomic E-state index is 12.2. The van der Waals surface area contributed by atoms with E-state index in [0.29, 0.717) is 17.3 Å². The van der Waals surface area contributed by atoms with Gasteiger partial charge in [-0.3, -0.25) is 0 Å². The predicted octanol–water partition coefficient (Wildman–Crippen LogP) is 2.85. The molecule has 0 bridgehead atoms. The van der Waals surface area contributed by atoms with E-state index in [1.54, 1.807) is 18.0 Å². The first-order valence-corrected chi connectivity index (χ1v) is 7.61. The van der Waals surface area contributed by atoms with Crippen LogP contribution in [-0.2, 0) is 19.5 Å². The Bertz CT molecular complexity index is 712. The number of carbonyl (C=O) groups is 1. The minimum atomic E-state index is -0.199. The van der Waals surface area contributed by atoms with Crippen LogP contribution in [0.5, 0.6) is 0 Å². The van der Waals surface area contributed by atoms with E-state index in [1.807, 2.05) is 19.1 Å². The molecule has 0 radical (unpaired) electrons. The number of urea groups is 1. The Morgan fingerprint density at radius 3 is 3.05 bits per heavy atom. The number of rotatable bonds is 3. The fraction of sp³-hybridized carbons (Fsp3) is 0.400. The predicted molar refractivity (Wildman–Crippen MR) is 85.0 cm³/mol. The molecule has 0 fully saturated rings. The lowest BCUT2D eigenvalue weighted by Gasteiger charge is -2.18. The second-order valence-corrected chi connectivity index (χ2v) is 5.95. The minimum Gasteiger partial charge on any atom is -0.320 e. The number of anilines is 1. The van der Waals surface area contributed by atoms with Gasteiger partial charge in [0.05, 0.1) is 6.54 Å². The van der Waals surface area contributed by atoms with Crippen molar-refractivity contribution in [3.05, 3.63) is 40.4 Å². The molecule has 0 spiro atoms. The third-order valence-electron chi connectivity index (χ3n) is 3.83. The molecule has 116 valence electrons. The summed E-state index contributed by atoms with van der Waals surface area (Å²) < 4.78 is 2.09. The first-order valence-electron chi connectivity index (χ1n) is 7.24. The van der Waals surface area contributed by atoms with Crippen molar-refractivity contribution in [2.75, 3.05) is 12.4 Å². The van der Waals surface area contributed by atoms with Crippen LogP contribution in [0.15, 0.2) is 18.2 Å². The van der Waals surface area contributed by atoms with Crippen molar-refractivity contribution >= 4 is 23.3 Å². The molecule has 1 aliphatic rings. The largest absolute Gasteiger partial charge is 0.321 e. The summed E-state index contributed by atoms with van der Waals surface area (Å²) in [6.45, 7) is 3.28. The van der Waals surface area contributed by atoms with Crippen LogP contribution in [0.3, 0.4) is 0 Å². The maximum Gasteiger partial charge on any atom is 0.321 e. The van der Waals surface area contributed by atoms with Gasteiger partial charge in [-0.05, 0) is 31.0 Å². The number of amides is 2. The summed E-state index contributed by atoms with van der Waals surface area (Å²) >= 11 is 6.07. The number of halogens is 1. The van der Waals surface area contributed by atoms with E-state index in [9.17, 15) is 4.79 Å². The van der Waals surface area contributed by atoms with E-state index >= 15 is 0 Å². The molecule has 2 heterocycles. The lowest BCUT2D eigenvalue weighted by atomic mass is 10.2. The van der Waals surface area contributed by atoms with Crippen molar-refractivity contribution in [3.63, 3.8) is 0 Å². The summed E-state index contributed by atoms with van der Waals surface area (Å²) in [6, 6.07) is 5.26. The van der Waals surface area contributed by atoms with E-state index in [4.69, 9.17) is 11.6 Å². The fourth-order valence-corrected chi connectivity index (χ4v) is 2.68. The molecule has 7 heteroatoms. The van der Waals surface area contributed by atoms with Crippen LogP contribution in [0.4, 0.5) is 10.5 Å². The van der Waals surface area contributed by atoms with Gasteiger partial charge in [0, 0.05) is 30.7 Å². The summed E-state index contributed by atoms with van der Waals surface area (Å²) in [6.07, 6.45) is 2.06. The number of fused-ring (bicyclic) bond motifs is 1.